The topological polar surface area (TPSA) is 75.7 Å². The van der Waals surface area contributed by atoms with Crippen LogP contribution in [0.3, 0.4) is 0 Å². The summed E-state index contributed by atoms with van der Waals surface area (Å²) in [6.07, 6.45) is -4.58. The van der Waals surface area contributed by atoms with Crippen LogP contribution >= 0.6 is 0 Å². The molecule has 1 amide bonds. The maximum absolute atomic E-state index is 13.0. The number of nitrogens with zero attached hydrogens (tertiary/aromatic N) is 1. The monoisotopic (exact) mass is 414 g/mol. The van der Waals surface area contributed by atoms with Crippen LogP contribution in [-0.4, -0.2) is 38.5 Å². The highest BCUT2D eigenvalue weighted by Crippen LogP contribution is 2.32. The number of anilines is 1. The van der Waals surface area contributed by atoms with Crippen molar-refractivity contribution in [1.82, 2.24) is 4.31 Å². The summed E-state index contributed by atoms with van der Waals surface area (Å²) in [6.45, 7) is 0.407. The first-order valence-corrected chi connectivity index (χ1v) is 9.70. The minimum atomic E-state index is -5.11. The van der Waals surface area contributed by atoms with Gasteiger partial charge in [0.25, 0.3) is 0 Å². The van der Waals surface area contributed by atoms with Gasteiger partial charge in [0.15, 0.2) is 0 Å². The van der Waals surface area contributed by atoms with Crippen LogP contribution in [0.25, 0.3) is 0 Å². The highest BCUT2D eigenvalue weighted by Gasteiger charge is 2.39. The summed E-state index contributed by atoms with van der Waals surface area (Å²) >= 11 is 0. The first kappa shape index (κ1) is 20.2. The number of carbonyl (C=O) groups is 1. The Kier molecular flexibility index (Phi) is 5.35. The molecule has 2 aromatic carbocycles. The lowest BCUT2D eigenvalue weighted by Crippen LogP contribution is -2.36. The average Bonchev–Trinajstić information content (AvgIpc) is 2.66. The van der Waals surface area contributed by atoms with E-state index in [4.69, 9.17) is 4.74 Å². The molecule has 0 bridgehead atoms. The van der Waals surface area contributed by atoms with E-state index < -0.39 is 22.1 Å². The number of benzene rings is 2. The van der Waals surface area contributed by atoms with Gasteiger partial charge in [-0.3, -0.25) is 4.79 Å². The lowest BCUT2D eigenvalue weighted by molar-refractivity contribution is -0.167. The number of sulfonamides is 1. The fourth-order valence-corrected chi connectivity index (χ4v) is 4.41. The molecule has 0 saturated heterocycles. The molecule has 0 radical (unpaired) electrons. The maximum Gasteiger partial charge on any atom is 0.471 e. The number of rotatable bonds is 4. The normalized spacial score (nSPS) is 15.0. The van der Waals surface area contributed by atoms with E-state index in [0.717, 1.165) is 17.2 Å². The van der Waals surface area contributed by atoms with Crippen molar-refractivity contribution in [2.45, 2.75) is 24.0 Å². The molecule has 1 heterocycles. The SMILES string of the molecule is COc1ccc(S(=O)(=O)N2CCc3ccccc3C2)cc1NC(=O)C(F)(F)F. The molecule has 2 aromatic rings. The summed E-state index contributed by atoms with van der Waals surface area (Å²) in [5.41, 5.74) is 1.56. The first-order valence-electron chi connectivity index (χ1n) is 8.26. The molecule has 1 aliphatic rings. The molecule has 0 fully saturated rings. The Morgan fingerprint density at radius 3 is 2.46 bits per heavy atom. The van der Waals surface area contributed by atoms with Crippen molar-refractivity contribution in [1.29, 1.82) is 0 Å². The molecular formula is C18H17F3N2O4S. The molecule has 28 heavy (non-hydrogen) atoms. The predicted molar refractivity (Wildman–Crippen MR) is 95.4 cm³/mol. The molecule has 0 aromatic heterocycles. The van der Waals surface area contributed by atoms with Gasteiger partial charge in [0, 0.05) is 13.1 Å². The van der Waals surface area contributed by atoms with Crippen LogP contribution in [-0.2, 0) is 27.8 Å². The van der Waals surface area contributed by atoms with E-state index in [0.29, 0.717) is 6.42 Å². The number of amides is 1. The lowest BCUT2D eigenvalue weighted by Gasteiger charge is -2.28. The summed E-state index contributed by atoms with van der Waals surface area (Å²) in [7, 11) is -2.78. The quantitative estimate of drug-likeness (QED) is 0.835. The third kappa shape index (κ3) is 3.97. The standard InChI is InChI=1S/C18H17F3N2O4S/c1-27-16-7-6-14(10-15(16)22-17(24)18(19,20)21)28(25,26)23-9-8-12-4-2-3-5-13(12)11-23/h2-7,10H,8-9,11H2,1H3,(H,22,24). The van der Waals surface area contributed by atoms with Crippen molar-refractivity contribution in [2.24, 2.45) is 0 Å². The second kappa shape index (κ2) is 7.44. The van der Waals surface area contributed by atoms with E-state index in [1.54, 1.807) is 5.32 Å². The molecular weight excluding hydrogens is 397 g/mol. The van der Waals surface area contributed by atoms with Gasteiger partial charge in [-0.1, -0.05) is 24.3 Å². The Morgan fingerprint density at radius 1 is 1.14 bits per heavy atom. The third-order valence-corrected chi connectivity index (χ3v) is 6.25. The second-order valence-corrected chi connectivity index (χ2v) is 8.11. The molecule has 150 valence electrons. The largest absolute Gasteiger partial charge is 0.495 e. The van der Waals surface area contributed by atoms with Crippen molar-refractivity contribution in [3.8, 4) is 5.75 Å². The maximum atomic E-state index is 13.0. The minimum absolute atomic E-state index is 0.0828. The Hall–Kier alpha value is -2.59. The van der Waals surface area contributed by atoms with Gasteiger partial charge < -0.3 is 10.1 Å². The number of halogens is 3. The van der Waals surface area contributed by atoms with Gasteiger partial charge in [-0.05, 0) is 35.7 Å². The Bertz CT molecular complexity index is 1010. The molecule has 0 atom stereocenters. The summed E-state index contributed by atoms with van der Waals surface area (Å²) in [6, 6.07) is 10.9. The molecule has 6 nitrogen and oxygen atoms in total. The molecule has 1 aliphatic heterocycles. The molecule has 10 heteroatoms. The van der Waals surface area contributed by atoms with Crippen molar-refractivity contribution in [2.75, 3.05) is 19.0 Å². The van der Waals surface area contributed by atoms with Gasteiger partial charge in [0.2, 0.25) is 10.0 Å². The number of fused-ring (bicyclic) bond motifs is 1. The van der Waals surface area contributed by atoms with Crippen LogP contribution in [0.5, 0.6) is 5.75 Å². The van der Waals surface area contributed by atoms with Gasteiger partial charge >= 0.3 is 12.1 Å². The van der Waals surface area contributed by atoms with Gasteiger partial charge in [0.1, 0.15) is 5.75 Å². The van der Waals surface area contributed by atoms with Crippen LogP contribution in [0, 0.1) is 0 Å². The van der Waals surface area contributed by atoms with Crippen molar-refractivity contribution in [3.63, 3.8) is 0 Å². The smallest absolute Gasteiger partial charge is 0.471 e. The number of methoxy groups -OCH3 is 1. The minimum Gasteiger partial charge on any atom is -0.495 e. The second-order valence-electron chi connectivity index (χ2n) is 6.17. The zero-order valence-corrected chi connectivity index (χ0v) is 15.6. The Balaban J connectivity index is 1.92. The van der Waals surface area contributed by atoms with Crippen molar-refractivity contribution >= 4 is 21.6 Å². The van der Waals surface area contributed by atoms with Crippen LogP contribution in [0.15, 0.2) is 47.4 Å². The fourth-order valence-electron chi connectivity index (χ4n) is 2.96. The van der Waals surface area contributed by atoms with Crippen LogP contribution in [0.1, 0.15) is 11.1 Å². The lowest BCUT2D eigenvalue weighted by atomic mass is 10.0. The van der Waals surface area contributed by atoms with E-state index in [1.165, 1.54) is 23.5 Å². The molecule has 1 N–H and O–H groups in total. The Labute approximate surface area is 160 Å². The summed E-state index contributed by atoms with van der Waals surface area (Å²) in [5, 5.41) is 1.66. The number of nitrogens with one attached hydrogen (secondary N) is 1. The zero-order valence-electron chi connectivity index (χ0n) is 14.8. The number of carbonyl (C=O) groups excluding carboxylic acids is 1. The highest BCUT2D eigenvalue weighted by molar-refractivity contribution is 7.89. The summed E-state index contributed by atoms with van der Waals surface area (Å²) in [4.78, 5) is 11.0. The van der Waals surface area contributed by atoms with E-state index in [1.807, 2.05) is 24.3 Å². The Morgan fingerprint density at radius 2 is 1.82 bits per heavy atom. The van der Waals surface area contributed by atoms with Crippen molar-refractivity contribution < 1.29 is 31.1 Å². The number of hydrogen-bond donors (Lipinski definition) is 1. The molecule has 0 spiro atoms. The fraction of sp³-hybridized carbons (Fsp3) is 0.278. The van der Waals surface area contributed by atoms with Crippen LogP contribution in [0.4, 0.5) is 18.9 Å². The first-order chi connectivity index (χ1) is 13.1. The highest BCUT2D eigenvalue weighted by atomic mass is 32.2. The summed E-state index contributed by atoms with van der Waals surface area (Å²) < 4.78 is 69.8. The van der Waals surface area contributed by atoms with Crippen LogP contribution in [0.2, 0.25) is 0 Å². The average molecular weight is 414 g/mol. The molecule has 0 unspecified atom stereocenters. The number of hydrogen-bond acceptors (Lipinski definition) is 4. The predicted octanol–water partition coefficient (Wildman–Crippen LogP) is 2.94. The molecule has 0 aliphatic carbocycles. The number of alkyl halides is 3. The summed E-state index contributed by atoms with van der Waals surface area (Å²) in [5.74, 6) is -2.30. The third-order valence-electron chi connectivity index (χ3n) is 4.41. The zero-order chi connectivity index (χ0) is 20.5. The van der Waals surface area contributed by atoms with Crippen LogP contribution < -0.4 is 10.1 Å². The van der Waals surface area contributed by atoms with E-state index in [2.05, 4.69) is 0 Å². The van der Waals surface area contributed by atoms with E-state index in [-0.39, 0.29) is 29.4 Å². The van der Waals surface area contributed by atoms with Gasteiger partial charge in [-0.25, -0.2) is 8.42 Å². The van der Waals surface area contributed by atoms with Crippen molar-refractivity contribution in [3.05, 3.63) is 53.6 Å². The van der Waals surface area contributed by atoms with Gasteiger partial charge in [0.05, 0.1) is 17.7 Å². The molecule has 3 rings (SSSR count). The number of ether oxygens (including phenoxy) is 1. The van der Waals surface area contributed by atoms with Gasteiger partial charge in [-0.15, -0.1) is 0 Å². The van der Waals surface area contributed by atoms with E-state index >= 15 is 0 Å². The van der Waals surface area contributed by atoms with E-state index in [9.17, 15) is 26.4 Å². The molecule has 0 saturated carbocycles. The van der Waals surface area contributed by atoms with Gasteiger partial charge in [-0.2, -0.15) is 17.5 Å².